The van der Waals surface area contributed by atoms with Crippen molar-refractivity contribution in [2.24, 2.45) is 0 Å². The van der Waals surface area contributed by atoms with E-state index in [1.54, 1.807) is 0 Å². The Hall–Kier alpha value is -2.49. The number of hydrogen-bond donors (Lipinski definition) is 0. The van der Waals surface area contributed by atoms with Gasteiger partial charge in [-0.2, -0.15) is 17.9 Å². The van der Waals surface area contributed by atoms with Gasteiger partial charge in [-0.25, -0.2) is 8.78 Å². The minimum absolute atomic E-state index is 0.149. The van der Waals surface area contributed by atoms with E-state index >= 15 is 0 Å². The first kappa shape index (κ1) is 17.3. The lowest BCUT2D eigenvalue weighted by Crippen LogP contribution is -2.06. The van der Waals surface area contributed by atoms with Crippen molar-refractivity contribution >= 4 is 11.8 Å². The maximum Gasteiger partial charge on any atom is 0.416 e. The van der Waals surface area contributed by atoms with Gasteiger partial charge in [0, 0.05) is 11.0 Å². The number of rotatable bonds is 4. The largest absolute Gasteiger partial charge is 0.416 e. The number of alkyl halides is 3. The average molecular weight is 372 g/mol. The quantitative estimate of drug-likeness (QED) is 0.507. The molecular formula is C15H9F5N4S. The Balaban J connectivity index is 1.78. The SMILES string of the molecule is Fc1ccc(SCc2nnnn2-c2ccc(C(F)(F)F)cc2)c(F)c1. The first-order chi connectivity index (χ1) is 11.8. The minimum Gasteiger partial charge on any atom is -0.207 e. The molecular weight excluding hydrogens is 363 g/mol. The molecule has 0 N–H and O–H groups in total. The van der Waals surface area contributed by atoms with Crippen LogP contribution in [0, 0.1) is 11.6 Å². The lowest BCUT2D eigenvalue weighted by molar-refractivity contribution is -0.137. The summed E-state index contributed by atoms with van der Waals surface area (Å²) in [6.45, 7) is 0. The number of benzene rings is 2. The third-order valence-electron chi connectivity index (χ3n) is 3.22. The van der Waals surface area contributed by atoms with E-state index in [2.05, 4.69) is 15.5 Å². The van der Waals surface area contributed by atoms with E-state index < -0.39 is 23.4 Å². The first-order valence-electron chi connectivity index (χ1n) is 6.87. The van der Waals surface area contributed by atoms with Gasteiger partial charge >= 0.3 is 6.18 Å². The van der Waals surface area contributed by atoms with Crippen LogP contribution in [0.3, 0.4) is 0 Å². The molecule has 25 heavy (non-hydrogen) atoms. The molecule has 0 saturated carbocycles. The Morgan fingerprint density at radius 2 is 1.72 bits per heavy atom. The van der Waals surface area contributed by atoms with Crippen molar-refractivity contribution in [1.82, 2.24) is 20.2 Å². The smallest absolute Gasteiger partial charge is 0.207 e. The Morgan fingerprint density at radius 3 is 2.36 bits per heavy atom. The predicted octanol–water partition coefficient (Wildman–Crippen LogP) is 4.25. The highest BCUT2D eigenvalue weighted by molar-refractivity contribution is 7.98. The summed E-state index contributed by atoms with van der Waals surface area (Å²) in [5.74, 6) is -0.931. The number of nitrogens with zero attached hydrogens (tertiary/aromatic N) is 4. The van der Waals surface area contributed by atoms with E-state index in [0.29, 0.717) is 11.5 Å². The molecule has 2 aromatic carbocycles. The van der Waals surface area contributed by atoms with Gasteiger partial charge in [0.05, 0.1) is 17.0 Å². The van der Waals surface area contributed by atoms with Crippen LogP contribution in [0.1, 0.15) is 11.4 Å². The summed E-state index contributed by atoms with van der Waals surface area (Å²) in [7, 11) is 0. The van der Waals surface area contributed by atoms with Gasteiger partial charge in [-0.05, 0) is 46.8 Å². The van der Waals surface area contributed by atoms with Crippen LogP contribution >= 0.6 is 11.8 Å². The lowest BCUT2D eigenvalue weighted by atomic mass is 10.2. The van der Waals surface area contributed by atoms with Gasteiger partial charge < -0.3 is 0 Å². The molecule has 0 atom stereocenters. The molecule has 0 aliphatic carbocycles. The number of aromatic nitrogens is 4. The molecule has 130 valence electrons. The van der Waals surface area contributed by atoms with Crippen molar-refractivity contribution in [3.8, 4) is 5.69 Å². The molecule has 1 heterocycles. The average Bonchev–Trinajstić information content (AvgIpc) is 3.02. The fraction of sp³-hybridized carbons (Fsp3) is 0.133. The summed E-state index contributed by atoms with van der Waals surface area (Å²) < 4.78 is 65.6. The highest BCUT2D eigenvalue weighted by Gasteiger charge is 2.30. The van der Waals surface area contributed by atoms with Crippen molar-refractivity contribution in [1.29, 1.82) is 0 Å². The van der Waals surface area contributed by atoms with Crippen molar-refractivity contribution in [3.05, 3.63) is 65.5 Å². The highest BCUT2D eigenvalue weighted by atomic mass is 32.2. The fourth-order valence-corrected chi connectivity index (χ4v) is 2.85. The standard InChI is InChI=1S/C15H9F5N4S/c16-10-3-6-13(12(17)7-10)25-8-14-21-22-23-24(14)11-4-1-9(2-5-11)15(18,19)20/h1-7H,8H2. The Labute approximate surface area is 142 Å². The van der Waals surface area contributed by atoms with E-state index in [1.165, 1.54) is 22.9 Å². The molecule has 0 fully saturated rings. The molecule has 0 spiro atoms. The monoisotopic (exact) mass is 372 g/mol. The predicted molar refractivity (Wildman–Crippen MR) is 80.1 cm³/mol. The van der Waals surface area contributed by atoms with Crippen LogP contribution in [-0.4, -0.2) is 20.2 Å². The molecule has 0 saturated heterocycles. The third-order valence-corrected chi connectivity index (χ3v) is 4.27. The van der Waals surface area contributed by atoms with Crippen molar-refractivity contribution in [3.63, 3.8) is 0 Å². The number of tetrazole rings is 1. The molecule has 3 aromatic rings. The van der Waals surface area contributed by atoms with Crippen LogP contribution in [0.5, 0.6) is 0 Å². The summed E-state index contributed by atoms with van der Waals surface area (Å²) in [4.78, 5) is 0.211. The molecule has 3 rings (SSSR count). The van der Waals surface area contributed by atoms with Gasteiger partial charge in [0.1, 0.15) is 11.6 Å². The molecule has 0 radical (unpaired) electrons. The van der Waals surface area contributed by atoms with Crippen molar-refractivity contribution in [2.75, 3.05) is 0 Å². The Morgan fingerprint density at radius 1 is 1.00 bits per heavy atom. The maximum atomic E-state index is 13.6. The van der Waals surface area contributed by atoms with E-state index in [1.807, 2.05) is 0 Å². The van der Waals surface area contributed by atoms with Gasteiger partial charge in [0.2, 0.25) is 0 Å². The second-order valence-corrected chi connectivity index (χ2v) is 5.93. The van der Waals surface area contributed by atoms with Crippen LogP contribution in [0.25, 0.3) is 5.69 Å². The molecule has 0 bridgehead atoms. The van der Waals surface area contributed by atoms with Gasteiger partial charge in [0.15, 0.2) is 5.82 Å². The normalized spacial score (nSPS) is 11.7. The minimum atomic E-state index is -4.43. The maximum absolute atomic E-state index is 13.6. The van der Waals surface area contributed by atoms with Gasteiger partial charge in [0.25, 0.3) is 0 Å². The van der Waals surface area contributed by atoms with Crippen molar-refractivity contribution < 1.29 is 22.0 Å². The van der Waals surface area contributed by atoms with Crippen LogP contribution in [0.2, 0.25) is 0 Å². The lowest BCUT2D eigenvalue weighted by Gasteiger charge is -2.08. The number of halogens is 5. The summed E-state index contributed by atoms with van der Waals surface area (Å²) in [5.41, 5.74) is -0.443. The van der Waals surface area contributed by atoms with Crippen LogP contribution in [-0.2, 0) is 11.9 Å². The molecule has 4 nitrogen and oxygen atoms in total. The molecule has 0 unspecified atom stereocenters. The van der Waals surface area contributed by atoms with Crippen molar-refractivity contribution in [2.45, 2.75) is 16.8 Å². The Bertz CT molecular complexity index is 876. The molecule has 0 aliphatic heterocycles. The summed E-state index contributed by atoms with van der Waals surface area (Å²) >= 11 is 1.04. The zero-order valence-corrected chi connectivity index (χ0v) is 13.2. The molecule has 0 aliphatic rings. The number of thioether (sulfide) groups is 1. The van der Waals surface area contributed by atoms with E-state index in [0.717, 1.165) is 36.0 Å². The molecule has 10 heteroatoms. The second-order valence-electron chi connectivity index (χ2n) is 4.91. The topological polar surface area (TPSA) is 43.6 Å². The van der Waals surface area contributed by atoms with Gasteiger partial charge in [-0.15, -0.1) is 16.9 Å². The van der Waals surface area contributed by atoms with Crippen LogP contribution in [0.15, 0.2) is 47.4 Å². The summed E-state index contributed by atoms with van der Waals surface area (Å²) in [5, 5.41) is 11.0. The second kappa shape index (κ2) is 6.79. The third kappa shape index (κ3) is 3.95. The van der Waals surface area contributed by atoms with E-state index in [4.69, 9.17) is 0 Å². The Kier molecular flexibility index (Phi) is 4.71. The zero-order valence-electron chi connectivity index (χ0n) is 12.3. The van der Waals surface area contributed by atoms with Gasteiger partial charge in [-0.1, -0.05) is 0 Å². The highest BCUT2D eigenvalue weighted by Crippen LogP contribution is 2.30. The summed E-state index contributed by atoms with van der Waals surface area (Å²) in [6, 6.07) is 7.52. The zero-order chi connectivity index (χ0) is 18.0. The van der Waals surface area contributed by atoms with Gasteiger partial charge in [-0.3, -0.25) is 0 Å². The molecule has 0 amide bonds. The van der Waals surface area contributed by atoms with Crippen LogP contribution < -0.4 is 0 Å². The molecule has 1 aromatic heterocycles. The summed E-state index contributed by atoms with van der Waals surface area (Å²) in [6.07, 6.45) is -4.43. The first-order valence-corrected chi connectivity index (χ1v) is 7.86. The van der Waals surface area contributed by atoms with E-state index in [9.17, 15) is 22.0 Å². The number of hydrogen-bond acceptors (Lipinski definition) is 4. The van der Waals surface area contributed by atoms with E-state index in [-0.39, 0.29) is 10.6 Å². The fourth-order valence-electron chi connectivity index (χ4n) is 2.02. The van der Waals surface area contributed by atoms with Crippen LogP contribution in [0.4, 0.5) is 22.0 Å².